The van der Waals surface area contributed by atoms with E-state index < -0.39 is 18.3 Å². The third-order valence-corrected chi connectivity index (χ3v) is 2.93. The largest absolute Gasteiger partial charge is 0.442 e. The molecule has 19 heavy (non-hydrogen) atoms. The van der Waals surface area contributed by atoms with Crippen molar-refractivity contribution in [1.29, 1.82) is 0 Å². The molecule has 1 amide bonds. The van der Waals surface area contributed by atoms with Crippen molar-refractivity contribution < 1.29 is 24.1 Å². The maximum absolute atomic E-state index is 11.2. The van der Waals surface area contributed by atoms with Gasteiger partial charge in [-0.15, -0.1) is 0 Å². The Kier molecular flexibility index (Phi) is 6.83. The Morgan fingerprint density at radius 2 is 1.89 bits per heavy atom. The molecule has 0 radical (unpaired) electrons. The summed E-state index contributed by atoms with van der Waals surface area (Å²) in [5, 5.41) is 12.1. The normalized spacial score (nSPS) is 34.9. The number of ether oxygens (including phenoxy) is 3. The number of amides is 1. The maximum Gasteiger partial charge on any atom is 0.407 e. The number of carbonyl (C=O) groups excluding carboxylic acids is 1. The molecule has 1 aliphatic heterocycles. The molecule has 0 aromatic rings. The lowest BCUT2D eigenvalue weighted by atomic mass is 9.97. The Morgan fingerprint density at radius 1 is 1.26 bits per heavy atom. The van der Waals surface area contributed by atoms with E-state index in [0.29, 0.717) is 12.8 Å². The van der Waals surface area contributed by atoms with Crippen LogP contribution in [0.5, 0.6) is 0 Å². The highest BCUT2D eigenvalue weighted by atomic mass is 16.7. The first-order chi connectivity index (χ1) is 9.19. The third kappa shape index (κ3) is 4.81. The van der Waals surface area contributed by atoms with Crippen molar-refractivity contribution in [2.45, 2.75) is 51.1 Å². The number of nitrogens with one attached hydrogen (secondary N) is 1. The molecule has 1 aliphatic carbocycles. The maximum atomic E-state index is 11.2. The van der Waals surface area contributed by atoms with E-state index in [9.17, 15) is 9.90 Å². The van der Waals surface area contributed by atoms with E-state index in [4.69, 9.17) is 14.2 Å². The van der Waals surface area contributed by atoms with Crippen LogP contribution >= 0.6 is 0 Å². The average Bonchev–Trinajstić information content (AvgIpc) is 2.83. The first-order valence-electron chi connectivity index (χ1n) is 6.67. The quantitative estimate of drug-likeness (QED) is 0.702. The number of aliphatic hydroxyl groups is 1. The van der Waals surface area contributed by atoms with Gasteiger partial charge in [0.05, 0.1) is 18.3 Å². The molecule has 1 saturated heterocycles. The third-order valence-electron chi connectivity index (χ3n) is 2.93. The molecule has 0 saturated carbocycles. The number of aliphatic hydroxyl groups excluding tert-OH is 1. The van der Waals surface area contributed by atoms with Crippen molar-refractivity contribution in [3.05, 3.63) is 12.2 Å². The van der Waals surface area contributed by atoms with Crippen LogP contribution in [0.2, 0.25) is 0 Å². The molecule has 6 nitrogen and oxygen atoms in total. The molecule has 4 atom stereocenters. The smallest absolute Gasteiger partial charge is 0.407 e. The van der Waals surface area contributed by atoms with E-state index in [2.05, 4.69) is 5.32 Å². The van der Waals surface area contributed by atoms with Gasteiger partial charge in [0.25, 0.3) is 0 Å². The van der Waals surface area contributed by atoms with E-state index >= 15 is 0 Å². The van der Waals surface area contributed by atoms with Crippen LogP contribution in [0.4, 0.5) is 4.79 Å². The molecule has 2 rings (SSSR count). The summed E-state index contributed by atoms with van der Waals surface area (Å²) in [5.74, 6) is 0. The molecule has 0 aromatic carbocycles. The van der Waals surface area contributed by atoms with Crippen LogP contribution in [0.25, 0.3) is 0 Å². The van der Waals surface area contributed by atoms with E-state index in [1.807, 2.05) is 13.8 Å². The molecule has 2 N–H and O–H groups in total. The Morgan fingerprint density at radius 3 is 2.53 bits per heavy atom. The highest BCUT2D eigenvalue weighted by Gasteiger charge is 2.34. The minimum Gasteiger partial charge on any atom is -0.442 e. The summed E-state index contributed by atoms with van der Waals surface area (Å²) in [6.45, 7) is 4.23. The molecule has 6 heteroatoms. The lowest BCUT2D eigenvalue weighted by Gasteiger charge is -2.24. The van der Waals surface area contributed by atoms with Crippen LogP contribution in [0.1, 0.15) is 26.7 Å². The van der Waals surface area contributed by atoms with Gasteiger partial charge in [0.15, 0.2) is 0 Å². The fraction of sp³-hybridized carbons (Fsp3) is 0.769. The standard InChI is InChI=1S/C11H17NO5.C2H6/c1-12-11(14)17-8-3-2-7(13)4-9-10(5-8)16-6-15-9;1-2/h2-3,7-10,13H,4-6H2,1H3,(H,12,14);1-2H3/b3-2+;. The topological polar surface area (TPSA) is 77.0 Å². The highest BCUT2D eigenvalue weighted by Crippen LogP contribution is 2.25. The Labute approximate surface area is 113 Å². The number of carbonyl (C=O) groups is 1. The number of hydrogen-bond donors (Lipinski definition) is 2. The van der Waals surface area contributed by atoms with Crippen LogP contribution in [-0.2, 0) is 14.2 Å². The van der Waals surface area contributed by atoms with Crippen molar-refractivity contribution in [2.24, 2.45) is 0 Å². The van der Waals surface area contributed by atoms with Crippen LogP contribution in [0, 0.1) is 0 Å². The predicted molar refractivity (Wildman–Crippen MR) is 69.7 cm³/mol. The predicted octanol–water partition coefficient (Wildman–Crippen LogP) is 1.19. The monoisotopic (exact) mass is 273 g/mol. The molecular formula is C13H23NO5. The lowest BCUT2D eigenvalue weighted by Crippen LogP contribution is -2.35. The first-order valence-corrected chi connectivity index (χ1v) is 6.67. The SMILES string of the molecule is CC.CNC(=O)OC1/C=C/C(O)CC2OCOC2C1. The molecular weight excluding hydrogens is 250 g/mol. The number of rotatable bonds is 1. The summed E-state index contributed by atoms with van der Waals surface area (Å²) in [6, 6.07) is 0. The summed E-state index contributed by atoms with van der Waals surface area (Å²) in [4.78, 5) is 11.2. The zero-order valence-corrected chi connectivity index (χ0v) is 11.7. The summed E-state index contributed by atoms with van der Waals surface area (Å²) in [5.41, 5.74) is 0. The molecule has 1 fully saturated rings. The molecule has 4 unspecified atom stereocenters. The molecule has 0 spiro atoms. The van der Waals surface area contributed by atoms with Gasteiger partial charge in [-0.2, -0.15) is 0 Å². The molecule has 0 bridgehead atoms. The average molecular weight is 273 g/mol. The van der Waals surface area contributed by atoms with E-state index in [-0.39, 0.29) is 19.0 Å². The van der Waals surface area contributed by atoms with Crippen molar-refractivity contribution in [1.82, 2.24) is 5.32 Å². The van der Waals surface area contributed by atoms with Crippen LogP contribution < -0.4 is 5.32 Å². The van der Waals surface area contributed by atoms with E-state index in [0.717, 1.165) is 0 Å². The molecule has 1 heterocycles. The van der Waals surface area contributed by atoms with Crippen molar-refractivity contribution in [2.75, 3.05) is 13.8 Å². The summed E-state index contributed by atoms with van der Waals surface area (Å²) in [6.07, 6.45) is 2.61. The van der Waals surface area contributed by atoms with Gasteiger partial charge in [-0.3, -0.25) is 0 Å². The van der Waals surface area contributed by atoms with Crippen molar-refractivity contribution in [3.63, 3.8) is 0 Å². The van der Waals surface area contributed by atoms with Gasteiger partial charge in [0.1, 0.15) is 12.9 Å². The fourth-order valence-corrected chi connectivity index (χ4v) is 2.03. The van der Waals surface area contributed by atoms with Gasteiger partial charge in [0.2, 0.25) is 0 Å². The van der Waals surface area contributed by atoms with Crippen molar-refractivity contribution in [3.8, 4) is 0 Å². The van der Waals surface area contributed by atoms with Crippen molar-refractivity contribution >= 4 is 6.09 Å². The number of fused-ring (bicyclic) bond motifs is 1. The number of hydrogen-bond acceptors (Lipinski definition) is 5. The zero-order chi connectivity index (χ0) is 14.3. The van der Waals surface area contributed by atoms with Crippen LogP contribution in [0.15, 0.2) is 12.2 Å². The first kappa shape index (κ1) is 15.9. The Balaban J connectivity index is 0.000000861. The van der Waals surface area contributed by atoms with Gasteiger partial charge in [-0.1, -0.05) is 19.9 Å². The van der Waals surface area contributed by atoms with Gasteiger partial charge >= 0.3 is 6.09 Å². The van der Waals surface area contributed by atoms with E-state index in [1.54, 1.807) is 12.2 Å². The van der Waals surface area contributed by atoms with Crippen LogP contribution in [0.3, 0.4) is 0 Å². The molecule has 2 aliphatic rings. The van der Waals surface area contributed by atoms with Gasteiger partial charge in [-0.25, -0.2) is 4.79 Å². The molecule has 0 aromatic heterocycles. The summed E-state index contributed by atoms with van der Waals surface area (Å²) in [7, 11) is 1.50. The second-order valence-electron chi connectivity index (χ2n) is 4.15. The zero-order valence-electron chi connectivity index (χ0n) is 11.7. The van der Waals surface area contributed by atoms with Crippen LogP contribution in [-0.4, -0.2) is 49.5 Å². The minimum atomic E-state index is -0.597. The Bertz CT molecular complexity index is 307. The number of alkyl carbamates (subject to hydrolysis) is 1. The highest BCUT2D eigenvalue weighted by molar-refractivity contribution is 5.67. The molecule has 110 valence electrons. The Hall–Kier alpha value is -1.11. The lowest BCUT2D eigenvalue weighted by molar-refractivity contribution is 0.0276. The summed E-state index contributed by atoms with van der Waals surface area (Å²) < 4.78 is 15.9. The summed E-state index contributed by atoms with van der Waals surface area (Å²) >= 11 is 0. The van der Waals surface area contributed by atoms with Gasteiger partial charge in [-0.05, 0) is 6.08 Å². The van der Waals surface area contributed by atoms with E-state index in [1.165, 1.54) is 7.05 Å². The second kappa shape index (κ2) is 8.14. The van der Waals surface area contributed by atoms with Gasteiger partial charge in [0, 0.05) is 19.9 Å². The minimum absolute atomic E-state index is 0.134. The second-order valence-corrected chi connectivity index (χ2v) is 4.15. The fourth-order valence-electron chi connectivity index (χ4n) is 2.03. The van der Waals surface area contributed by atoms with Gasteiger partial charge < -0.3 is 24.6 Å².